The molecule has 8 heteroatoms. The number of para-hydroxylation sites is 2. The Labute approximate surface area is 184 Å². The Bertz CT molecular complexity index is 1360. The molecule has 1 aromatic carbocycles. The third-order valence-electron chi connectivity index (χ3n) is 6.76. The summed E-state index contributed by atoms with van der Waals surface area (Å²) >= 11 is 0. The van der Waals surface area contributed by atoms with E-state index in [4.69, 9.17) is 19.1 Å². The van der Waals surface area contributed by atoms with E-state index in [1.165, 1.54) is 30.2 Å². The molecule has 1 fully saturated rings. The van der Waals surface area contributed by atoms with Crippen molar-refractivity contribution in [1.29, 1.82) is 0 Å². The Morgan fingerprint density at radius 3 is 2.59 bits per heavy atom. The molecule has 164 valence electrons. The van der Waals surface area contributed by atoms with Crippen molar-refractivity contribution in [3.63, 3.8) is 0 Å². The molecular formula is C24H25N5O3. The van der Waals surface area contributed by atoms with Crippen molar-refractivity contribution in [3.05, 3.63) is 46.0 Å². The third kappa shape index (κ3) is 2.82. The molecule has 3 heterocycles. The summed E-state index contributed by atoms with van der Waals surface area (Å²) in [7, 11) is 3.19. The van der Waals surface area contributed by atoms with Gasteiger partial charge in [-0.25, -0.2) is 15.0 Å². The van der Waals surface area contributed by atoms with Crippen LogP contribution in [-0.2, 0) is 19.9 Å². The van der Waals surface area contributed by atoms with Crippen LogP contribution in [0.4, 0.5) is 0 Å². The summed E-state index contributed by atoms with van der Waals surface area (Å²) in [5, 5.41) is 0. The van der Waals surface area contributed by atoms with Crippen molar-refractivity contribution >= 4 is 11.1 Å². The van der Waals surface area contributed by atoms with Crippen LogP contribution in [0.15, 0.2) is 33.5 Å². The van der Waals surface area contributed by atoms with Gasteiger partial charge in [-0.15, -0.1) is 0 Å². The zero-order valence-electron chi connectivity index (χ0n) is 18.3. The van der Waals surface area contributed by atoms with E-state index in [2.05, 4.69) is 9.55 Å². The summed E-state index contributed by atoms with van der Waals surface area (Å²) < 4.78 is 15.3. The summed E-state index contributed by atoms with van der Waals surface area (Å²) in [6, 6.07) is 7.92. The fourth-order valence-corrected chi connectivity index (χ4v) is 4.84. The Balaban J connectivity index is 1.60. The Morgan fingerprint density at radius 1 is 1.03 bits per heavy atom. The van der Waals surface area contributed by atoms with Gasteiger partial charge < -0.3 is 13.7 Å². The van der Waals surface area contributed by atoms with Crippen LogP contribution in [0, 0.1) is 0 Å². The predicted molar refractivity (Wildman–Crippen MR) is 120 cm³/mol. The van der Waals surface area contributed by atoms with Crippen molar-refractivity contribution in [2.75, 3.05) is 7.11 Å². The van der Waals surface area contributed by atoms with Gasteiger partial charge in [-0.05, 0) is 57.1 Å². The molecule has 3 aromatic heterocycles. The molecule has 6 rings (SSSR count). The van der Waals surface area contributed by atoms with Gasteiger partial charge in [-0.2, -0.15) is 0 Å². The van der Waals surface area contributed by atoms with E-state index < -0.39 is 0 Å². The Kier molecular flexibility index (Phi) is 4.41. The lowest BCUT2D eigenvalue weighted by atomic mass is 9.91. The van der Waals surface area contributed by atoms with E-state index in [1.807, 2.05) is 24.3 Å². The average Bonchev–Trinajstić information content (AvgIpc) is 3.36. The molecule has 0 amide bonds. The highest BCUT2D eigenvalue weighted by Gasteiger charge is 2.32. The van der Waals surface area contributed by atoms with Gasteiger partial charge in [0.1, 0.15) is 5.52 Å². The molecule has 0 saturated heterocycles. The van der Waals surface area contributed by atoms with E-state index in [9.17, 15) is 4.79 Å². The monoisotopic (exact) mass is 431 g/mol. The lowest BCUT2D eigenvalue weighted by molar-refractivity contribution is 0.307. The van der Waals surface area contributed by atoms with Crippen LogP contribution >= 0.6 is 0 Å². The number of aryl methyl sites for hydroxylation is 1. The first-order valence-corrected chi connectivity index (χ1v) is 11.3. The highest BCUT2D eigenvalue weighted by Crippen LogP contribution is 2.39. The number of fused-ring (bicyclic) bond motifs is 2. The number of hydrogen-bond donors (Lipinski definition) is 0. The van der Waals surface area contributed by atoms with Gasteiger partial charge >= 0.3 is 0 Å². The number of nitrogens with zero attached hydrogens (tertiary/aromatic N) is 5. The molecule has 0 N–H and O–H groups in total. The van der Waals surface area contributed by atoms with Gasteiger partial charge in [0.2, 0.25) is 11.6 Å². The number of methoxy groups -OCH3 is 1. The SMILES string of the molecule is COc1c(-c2nc3ccccc3o2)nc(-c2nc3c(n2C2CCC2)CCCC3)n(C)c1=O. The minimum Gasteiger partial charge on any atom is -0.489 e. The maximum atomic E-state index is 13.3. The largest absolute Gasteiger partial charge is 0.489 e. The van der Waals surface area contributed by atoms with E-state index in [0.29, 0.717) is 28.7 Å². The summed E-state index contributed by atoms with van der Waals surface area (Å²) in [6.07, 6.45) is 7.83. The van der Waals surface area contributed by atoms with Crippen LogP contribution in [0.3, 0.4) is 0 Å². The van der Waals surface area contributed by atoms with Crippen LogP contribution < -0.4 is 10.3 Å². The zero-order chi connectivity index (χ0) is 21.8. The van der Waals surface area contributed by atoms with Crippen LogP contribution in [0.5, 0.6) is 5.75 Å². The number of oxazole rings is 1. The van der Waals surface area contributed by atoms with E-state index in [-0.39, 0.29) is 17.2 Å². The zero-order valence-corrected chi connectivity index (χ0v) is 18.3. The fraction of sp³-hybridized carbons (Fsp3) is 0.417. The molecule has 0 atom stereocenters. The highest BCUT2D eigenvalue weighted by molar-refractivity contribution is 5.76. The average molecular weight is 431 g/mol. The summed E-state index contributed by atoms with van der Waals surface area (Å²) in [6.45, 7) is 0. The normalized spacial score (nSPS) is 16.2. The molecule has 0 spiro atoms. The van der Waals surface area contributed by atoms with E-state index in [1.54, 1.807) is 7.05 Å². The van der Waals surface area contributed by atoms with Crippen LogP contribution in [0.2, 0.25) is 0 Å². The summed E-state index contributed by atoms with van der Waals surface area (Å²) in [4.78, 5) is 27.8. The first-order chi connectivity index (χ1) is 15.7. The third-order valence-corrected chi connectivity index (χ3v) is 6.76. The second-order valence-corrected chi connectivity index (χ2v) is 8.66. The number of imidazole rings is 1. The predicted octanol–water partition coefficient (Wildman–Crippen LogP) is 4.06. The molecular weight excluding hydrogens is 406 g/mol. The molecule has 4 aromatic rings. The Hall–Kier alpha value is -3.42. The van der Waals surface area contributed by atoms with Crippen LogP contribution in [0.25, 0.3) is 34.3 Å². The maximum absolute atomic E-state index is 13.3. The first-order valence-electron chi connectivity index (χ1n) is 11.3. The summed E-state index contributed by atoms with van der Waals surface area (Å²) in [5.74, 6) is 1.68. The molecule has 8 nitrogen and oxygen atoms in total. The standard InChI is InChI=1S/C24H25N5O3/c1-28-21(22-25-15-10-3-5-12-17(15)29(22)14-8-7-9-14)27-19(20(31-2)24(28)30)23-26-16-11-4-6-13-18(16)32-23/h4,6,11,13-14H,3,5,7-10,12H2,1-2H3. The topological polar surface area (TPSA) is 88.0 Å². The molecule has 0 radical (unpaired) electrons. The second kappa shape index (κ2) is 7.32. The number of hydrogen-bond acceptors (Lipinski definition) is 6. The lowest BCUT2D eigenvalue weighted by Crippen LogP contribution is -2.26. The molecule has 2 aliphatic rings. The number of aromatic nitrogens is 5. The molecule has 2 aliphatic carbocycles. The van der Waals surface area contributed by atoms with Gasteiger partial charge in [-0.3, -0.25) is 9.36 Å². The maximum Gasteiger partial charge on any atom is 0.296 e. The van der Waals surface area contributed by atoms with Crippen molar-refractivity contribution in [2.24, 2.45) is 7.05 Å². The van der Waals surface area contributed by atoms with Gasteiger partial charge in [0, 0.05) is 18.8 Å². The smallest absolute Gasteiger partial charge is 0.296 e. The summed E-state index contributed by atoms with van der Waals surface area (Å²) in [5.41, 5.74) is 3.83. The molecule has 32 heavy (non-hydrogen) atoms. The quantitative estimate of drug-likeness (QED) is 0.484. The van der Waals surface area contributed by atoms with Gasteiger partial charge in [-0.1, -0.05) is 12.1 Å². The lowest BCUT2D eigenvalue weighted by Gasteiger charge is -2.31. The molecule has 0 unspecified atom stereocenters. The van der Waals surface area contributed by atoms with Crippen molar-refractivity contribution in [1.82, 2.24) is 24.1 Å². The minimum atomic E-state index is -0.282. The fourth-order valence-electron chi connectivity index (χ4n) is 4.84. The van der Waals surface area contributed by atoms with Crippen molar-refractivity contribution < 1.29 is 9.15 Å². The van der Waals surface area contributed by atoms with Crippen molar-refractivity contribution in [2.45, 2.75) is 51.0 Å². The molecule has 1 saturated carbocycles. The van der Waals surface area contributed by atoms with Crippen LogP contribution in [-0.4, -0.2) is 31.2 Å². The number of benzene rings is 1. The minimum absolute atomic E-state index is 0.120. The van der Waals surface area contributed by atoms with E-state index in [0.717, 1.165) is 43.6 Å². The first kappa shape index (κ1) is 19.3. The van der Waals surface area contributed by atoms with Gasteiger partial charge in [0.25, 0.3) is 5.56 Å². The number of rotatable bonds is 4. The van der Waals surface area contributed by atoms with Gasteiger partial charge in [0.05, 0.1) is 12.8 Å². The molecule has 0 bridgehead atoms. The number of ether oxygens (including phenoxy) is 1. The van der Waals surface area contributed by atoms with Gasteiger partial charge in [0.15, 0.2) is 22.9 Å². The second-order valence-electron chi connectivity index (χ2n) is 8.66. The van der Waals surface area contributed by atoms with E-state index >= 15 is 0 Å². The van der Waals surface area contributed by atoms with Crippen molar-refractivity contribution in [3.8, 4) is 29.0 Å². The van der Waals surface area contributed by atoms with Crippen LogP contribution in [0.1, 0.15) is 49.5 Å². The molecule has 0 aliphatic heterocycles. The Morgan fingerprint density at radius 2 is 1.84 bits per heavy atom. The highest BCUT2D eigenvalue weighted by atomic mass is 16.5.